The molecule has 1 saturated carbocycles. The number of methoxy groups -OCH3 is 1. The first-order valence-electron chi connectivity index (χ1n) is 7.77. The van der Waals surface area contributed by atoms with Gasteiger partial charge in [0.15, 0.2) is 0 Å². The van der Waals surface area contributed by atoms with Gasteiger partial charge >= 0.3 is 0 Å². The monoisotopic (exact) mass is 349 g/mol. The zero-order chi connectivity index (χ0) is 16.4. The molecule has 23 heavy (non-hydrogen) atoms. The van der Waals surface area contributed by atoms with Crippen molar-refractivity contribution in [3.8, 4) is 5.75 Å². The Morgan fingerprint density at radius 3 is 2.52 bits per heavy atom. The molecular formula is C18H20ClNO2S. The van der Waals surface area contributed by atoms with Crippen molar-refractivity contribution in [2.75, 3.05) is 7.11 Å². The van der Waals surface area contributed by atoms with Crippen LogP contribution < -0.4 is 4.74 Å². The molecule has 1 aromatic heterocycles. The van der Waals surface area contributed by atoms with Crippen LogP contribution in [0.5, 0.6) is 5.75 Å². The largest absolute Gasteiger partial charge is 0.497 e. The minimum absolute atomic E-state index is 0.0668. The number of carbonyl (C=O) groups excluding carboxylic acids is 1. The van der Waals surface area contributed by atoms with Gasteiger partial charge in [0.1, 0.15) is 5.75 Å². The van der Waals surface area contributed by atoms with Crippen molar-refractivity contribution in [1.82, 2.24) is 4.90 Å². The van der Waals surface area contributed by atoms with Gasteiger partial charge in [-0.3, -0.25) is 4.79 Å². The summed E-state index contributed by atoms with van der Waals surface area (Å²) in [4.78, 5) is 15.6. The molecule has 1 amide bonds. The van der Waals surface area contributed by atoms with Crippen molar-refractivity contribution < 1.29 is 9.53 Å². The van der Waals surface area contributed by atoms with Gasteiger partial charge in [0.25, 0.3) is 5.91 Å². The van der Waals surface area contributed by atoms with E-state index in [2.05, 4.69) is 6.92 Å². The third kappa shape index (κ3) is 3.88. The summed E-state index contributed by atoms with van der Waals surface area (Å²) in [6.45, 7) is 2.75. The van der Waals surface area contributed by atoms with Gasteiger partial charge in [-0.05, 0) is 55.5 Å². The van der Waals surface area contributed by atoms with Crippen LogP contribution in [0.2, 0.25) is 4.34 Å². The van der Waals surface area contributed by atoms with E-state index >= 15 is 0 Å². The first-order valence-corrected chi connectivity index (χ1v) is 8.97. The van der Waals surface area contributed by atoms with Crippen LogP contribution in [0.25, 0.3) is 0 Å². The second-order valence-electron chi connectivity index (χ2n) is 5.96. The predicted octanol–water partition coefficient (Wildman–Crippen LogP) is 4.85. The van der Waals surface area contributed by atoms with Crippen molar-refractivity contribution >= 4 is 28.8 Å². The molecule has 122 valence electrons. The van der Waals surface area contributed by atoms with Crippen LogP contribution in [-0.4, -0.2) is 24.0 Å². The summed E-state index contributed by atoms with van der Waals surface area (Å²) in [6.07, 6.45) is 2.41. The topological polar surface area (TPSA) is 29.5 Å². The van der Waals surface area contributed by atoms with Crippen LogP contribution in [0.4, 0.5) is 0 Å². The Morgan fingerprint density at radius 1 is 1.30 bits per heavy atom. The molecule has 3 nitrogen and oxygen atoms in total. The summed E-state index contributed by atoms with van der Waals surface area (Å²) in [5.74, 6) is 1.51. The Hall–Kier alpha value is -1.52. The van der Waals surface area contributed by atoms with E-state index in [1.54, 1.807) is 13.2 Å². The van der Waals surface area contributed by atoms with Gasteiger partial charge in [-0.2, -0.15) is 0 Å². The van der Waals surface area contributed by atoms with Gasteiger partial charge in [0, 0.05) is 12.6 Å². The van der Waals surface area contributed by atoms with Crippen LogP contribution in [-0.2, 0) is 6.54 Å². The Balaban J connectivity index is 1.81. The molecule has 0 bridgehead atoms. The SMILES string of the molecule is COc1ccc(CN(C(=O)c2ccc(Cl)s2)C(C)C2CC2)cc1. The third-order valence-corrected chi connectivity index (χ3v) is 5.57. The average Bonchev–Trinajstić information content (AvgIpc) is 3.33. The molecule has 0 saturated heterocycles. The lowest BCUT2D eigenvalue weighted by Crippen LogP contribution is -2.39. The number of rotatable bonds is 6. The summed E-state index contributed by atoms with van der Waals surface area (Å²) in [5.41, 5.74) is 1.11. The molecule has 5 heteroatoms. The molecule has 1 aliphatic carbocycles. The first kappa shape index (κ1) is 16.3. The number of carbonyl (C=O) groups is 1. The van der Waals surface area contributed by atoms with Crippen LogP contribution in [0.3, 0.4) is 0 Å². The molecule has 3 rings (SSSR count). The summed E-state index contributed by atoms with van der Waals surface area (Å²) in [5, 5.41) is 0. The highest BCUT2D eigenvalue weighted by atomic mass is 35.5. The smallest absolute Gasteiger partial charge is 0.264 e. The minimum atomic E-state index is 0.0668. The van der Waals surface area contributed by atoms with Gasteiger partial charge in [0.2, 0.25) is 0 Å². The summed E-state index contributed by atoms with van der Waals surface area (Å²) in [6, 6.07) is 11.7. The molecule has 1 unspecified atom stereocenters. The molecule has 1 heterocycles. The average molecular weight is 350 g/mol. The number of ether oxygens (including phenoxy) is 1. The van der Waals surface area contributed by atoms with E-state index in [9.17, 15) is 4.79 Å². The van der Waals surface area contributed by atoms with Crippen molar-refractivity contribution in [2.24, 2.45) is 5.92 Å². The van der Waals surface area contributed by atoms with Gasteiger partial charge in [-0.25, -0.2) is 0 Å². The fourth-order valence-electron chi connectivity index (χ4n) is 2.73. The molecule has 1 atom stereocenters. The van der Waals surface area contributed by atoms with Gasteiger partial charge in [-0.15, -0.1) is 11.3 Å². The summed E-state index contributed by atoms with van der Waals surface area (Å²) < 4.78 is 5.85. The maximum Gasteiger partial charge on any atom is 0.264 e. The number of hydrogen-bond donors (Lipinski definition) is 0. The van der Waals surface area contributed by atoms with Crippen LogP contribution in [0.1, 0.15) is 35.0 Å². The fraction of sp³-hybridized carbons (Fsp3) is 0.389. The van der Waals surface area contributed by atoms with Crippen molar-refractivity contribution in [2.45, 2.75) is 32.4 Å². The normalized spacial score (nSPS) is 15.3. The zero-order valence-electron chi connectivity index (χ0n) is 13.3. The van der Waals surface area contributed by atoms with E-state index in [0.717, 1.165) is 11.3 Å². The lowest BCUT2D eigenvalue weighted by Gasteiger charge is -2.29. The fourth-order valence-corrected chi connectivity index (χ4v) is 3.73. The number of nitrogens with zero attached hydrogens (tertiary/aromatic N) is 1. The predicted molar refractivity (Wildman–Crippen MR) is 94.4 cm³/mol. The highest BCUT2D eigenvalue weighted by Gasteiger charge is 2.35. The first-order chi connectivity index (χ1) is 11.1. The van der Waals surface area contributed by atoms with Gasteiger partial charge < -0.3 is 9.64 Å². The number of amides is 1. The Kier molecular flexibility index (Phi) is 4.93. The molecule has 0 N–H and O–H groups in total. The maximum absolute atomic E-state index is 12.9. The quantitative estimate of drug-likeness (QED) is 0.746. The van der Waals surface area contributed by atoms with Crippen LogP contribution in [0, 0.1) is 5.92 Å². The van der Waals surface area contributed by atoms with E-state index in [1.165, 1.54) is 24.2 Å². The van der Waals surface area contributed by atoms with Gasteiger partial charge in [-0.1, -0.05) is 23.7 Å². The van der Waals surface area contributed by atoms with Gasteiger partial charge in [0.05, 0.1) is 16.3 Å². The molecular weight excluding hydrogens is 330 g/mol. The van der Waals surface area contributed by atoms with E-state index in [0.29, 0.717) is 21.7 Å². The lowest BCUT2D eigenvalue weighted by molar-refractivity contribution is 0.0659. The Labute approximate surface area is 145 Å². The standard InChI is InChI=1S/C18H20ClNO2S/c1-12(14-5-6-14)20(18(21)16-9-10-17(19)23-16)11-13-3-7-15(22-2)8-4-13/h3-4,7-10,12,14H,5-6,11H2,1-2H3. The van der Waals surface area contributed by atoms with E-state index in [-0.39, 0.29) is 11.9 Å². The second kappa shape index (κ2) is 6.93. The molecule has 1 aliphatic rings. The third-order valence-electron chi connectivity index (χ3n) is 4.35. The number of halogens is 1. The maximum atomic E-state index is 12.9. The minimum Gasteiger partial charge on any atom is -0.497 e. The molecule has 1 fully saturated rings. The molecule has 0 aliphatic heterocycles. The lowest BCUT2D eigenvalue weighted by atomic mass is 10.1. The summed E-state index contributed by atoms with van der Waals surface area (Å²) >= 11 is 7.34. The molecule has 1 aromatic carbocycles. The van der Waals surface area contributed by atoms with Crippen LogP contribution in [0.15, 0.2) is 36.4 Å². The van der Waals surface area contributed by atoms with Crippen molar-refractivity contribution in [3.63, 3.8) is 0 Å². The number of benzene rings is 1. The molecule has 2 aromatic rings. The van der Waals surface area contributed by atoms with Crippen molar-refractivity contribution in [1.29, 1.82) is 0 Å². The molecule has 0 radical (unpaired) electrons. The van der Waals surface area contributed by atoms with E-state index < -0.39 is 0 Å². The summed E-state index contributed by atoms with van der Waals surface area (Å²) in [7, 11) is 1.65. The zero-order valence-corrected chi connectivity index (χ0v) is 14.9. The van der Waals surface area contributed by atoms with Crippen LogP contribution >= 0.6 is 22.9 Å². The molecule has 0 spiro atoms. The number of hydrogen-bond acceptors (Lipinski definition) is 3. The van der Waals surface area contributed by atoms with E-state index in [1.807, 2.05) is 35.2 Å². The Bertz CT molecular complexity index is 679. The highest BCUT2D eigenvalue weighted by molar-refractivity contribution is 7.17. The van der Waals surface area contributed by atoms with Crippen molar-refractivity contribution in [3.05, 3.63) is 51.2 Å². The second-order valence-corrected chi connectivity index (χ2v) is 7.68. The number of thiophene rings is 1. The van der Waals surface area contributed by atoms with E-state index in [4.69, 9.17) is 16.3 Å². The highest BCUT2D eigenvalue weighted by Crippen LogP contribution is 2.37. The Morgan fingerprint density at radius 2 is 2.00 bits per heavy atom.